The maximum absolute atomic E-state index is 12.1. The van der Waals surface area contributed by atoms with Crippen LogP contribution >= 0.6 is 11.3 Å². The fourth-order valence-electron chi connectivity index (χ4n) is 1.79. The number of nitrogens with one attached hydrogen (secondary N) is 1. The number of hydrogen-bond donors (Lipinski definition) is 1. The van der Waals surface area contributed by atoms with Crippen molar-refractivity contribution < 1.29 is 17.9 Å². The molecular weight excluding hydrogens is 324 g/mol. The summed E-state index contributed by atoms with van der Waals surface area (Å²) in [5, 5.41) is 0.764. The molecule has 8 heteroatoms. The summed E-state index contributed by atoms with van der Waals surface area (Å²) in [4.78, 5) is 17.1. The Balaban J connectivity index is 2.07. The van der Waals surface area contributed by atoms with E-state index >= 15 is 0 Å². The molecule has 0 aliphatic heterocycles. The van der Waals surface area contributed by atoms with Gasteiger partial charge in [-0.25, -0.2) is 22.9 Å². The van der Waals surface area contributed by atoms with Crippen molar-refractivity contribution in [3.63, 3.8) is 0 Å². The number of carbonyl (C=O) groups excluding carboxylic acids is 1. The molecule has 0 aliphatic carbocycles. The highest BCUT2D eigenvalue weighted by atomic mass is 32.2. The summed E-state index contributed by atoms with van der Waals surface area (Å²) in [6, 6.07) is 9.46. The number of esters is 1. The first-order valence-electron chi connectivity index (χ1n) is 6.51. The van der Waals surface area contributed by atoms with Crippen molar-refractivity contribution in [3.05, 3.63) is 41.0 Å². The van der Waals surface area contributed by atoms with E-state index < -0.39 is 16.0 Å². The van der Waals surface area contributed by atoms with Gasteiger partial charge in [-0.05, 0) is 12.5 Å². The van der Waals surface area contributed by atoms with E-state index in [2.05, 4.69) is 9.71 Å². The number of sulfonamides is 1. The number of carbonyl (C=O) groups is 1. The molecule has 6 nitrogen and oxygen atoms in total. The Kier molecular flexibility index (Phi) is 5.28. The Bertz CT molecular complexity index is 754. The first-order chi connectivity index (χ1) is 10.4. The van der Waals surface area contributed by atoms with Crippen LogP contribution < -0.4 is 4.72 Å². The molecule has 0 atom stereocenters. The fourth-order valence-corrected chi connectivity index (χ4v) is 3.16. The van der Waals surface area contributed by atoms with Crippen molar-refractivity contribution >= 4 is 27.3 Å². The molecule has 2 aromatic rings. The second-order valence-electron chi connectivity index (χ2n) is 4.58. The molecule has 0 saturated carbocycles. The molecule has 0 bridgehead atoms. The molecule has 0 spiro atoms. The largest absolute Gasteiger partial charge is 0.460 e. The molecule has 2 rings (SSSR count). The summed E-state index contributed by atoms with van der Waals surface area (Å²) in [7, 11) is -3.29. The topological polar surface area (TPSA) is 85.4 Å². The monoisotopic (exact) mass is 340 g/mol. The zero-order valence-corrected chi connectivity index (χ0v) is 13.8. The van der Waals surface area contributed by atoms with Crippen LogP contribution in [-0.4, -0.2) is 38.8 Å². The van der Waals surface area contributed by atoms with E-state index in [0.717, 1.165) is 21.7 Å². The van der Waals surface area contributed by atoms with Crippen LogP contribution in [-0.2, 0) is 14.8 Å². The number of thiazole rings is 1. The third-order valence-corrected chi connectivity index (χ3v) is 4.41. The lowest BCUT2D eigenvalue weighted by molar-refractivity contribution is 0.0508. The fraction of sp³-hybridized carbons (Fsp3) is 0.286. The van der Waals surface area contributed by atoms with E-state index in [1.165, 1.54) is 11.3 Å². The lowest BCUT2D eigenvalue weighted by Gasteiger charge is -2.05. The first-order valence-corrected chi connectivity index (χ1v) is 9.22. The Labute approximate surface area is 133 Å². The van der Waals surface area contributed by atoms with Crippen molar-refractivity contribution in [3.8, 4) is 10.4 Å². The SMILES string of the molecule is Cc1nc(C(=O)OCCNS(C)(=O)=O)c(-c2ccccc2)s1. The molecule has 0 radical (unpaired) electrons. The van der Waals surface area contributed by atoms with Crippen molar-refractivity contribution in [1.29, 1.82) is 0 Å². The van der Waals surface area contributed by atoms with Crippen LogP contribution in [0.15, 0.2) is 30.3 Å². The number of aryl methyl sites for hydroxylation is 1. The Morgan fingerprint density at radius 1 is 1.32 bits per heavy atom. The summed E-state index contributed by atoms with van der Waals surface area (Å²) in [6.07, 6.45) is 1.05. The summed E-state index contributed by atoms with van der Waals surface area (Å²) < 4.78 is 29.2. The summed E-state index contributed by atoms with van der Waals surface area (Å²) >= 11 is 1.42. The summed E-state index contributed by atoms with van der Waals surface area (Å²) in [5.74, 6) is -0.557. The van der Waals surface area contributed by atoms with E-state index in [-0.39, 0.29) is 18.8 Å². The average molecular weight is 340 g/mol. The smallest absolute Gasteiger partial charge is 0.358 e. The van der Waals surface area contributed by atoms with Crippen molar-refractivity contribution in [2.24, 2.45) is 0 Å². The number of rotatable bonds is 6. The second-order valence-corrected chi connectivity index (χ2v) is 7.62. The third kappa shape index (κ3) is 4.62. The molecule has 1 aromatic heterocycles. The van der Waals surface area contributed by atoms with E-state index in [1.807, 2.05) is 37.3 Å². The van der Waals surface area contributed by atoms with Gasteiger partial charge in [0.2, 0.25) is 10.0 Å². The molecule has 22 heavy (non-hydrogen) atoms. The molecule has 1 aromatic carbocycles. The number of nitrogens with zero attached hydrogens (tertiary/aromatic N) is 1. The number of benzene rings is 1. The highest BCUT2D eigenvalue weighted by Gasteiger charge is 2.19. The number of hydrogen-bond acceptors (Lipinski definition) is 6. The molecule has 118 valence electrons. The van der Waals surface area contributed by atoms with Gasteiger partial charge in [-0.3, -0.25) is 0 Å². The Morgan fingerprint density at radius 3 is 2.64 bits per heavy atom. The van der Waals surface area contributed by atoms with Gasteiger partial charge in [0, 0.05) is 6.54 Å². The zero-order valence-electron chi connectivity index (χ0n) is 12.2. The van der Waals surface area contributed by atoms with Crippen molar-refractivity contribution in [2.75, 3.05) is 19.4 Å². The van der Waals surface area contributed by atoms with Gasteiger partial charge in [0.1, 0.15) is 6.61 Å². The second kappa shape index (κ2) is 6.99. The van der Waals surface area contributed by atoms with Crippen LogP contribution in [0.2, 0.25) is 0 Å². The lowest BCUT2D eigenvalue weighted by atomic mass is 10.1. The van der Waals surface area contributed by atoms with Gasteiger partial charge >= 0.3 is 5.97 Å². The molecule has 0 aliphatic rings. The molecule has 1 heterocycles. The Hall–Kier alpha value is -1.77. The highest BCUT2D eigenvalue weighted by molar-refractivity contribution is 7.88. The highest BCUT2D eigenvalue weighted by Crippen LogP contribution is 2.30. The molecule has 0 fully saturated rings. The quantitative estimate of drug-likeness (QED) is 0.640. The van der Waals surface area contributed by atoms with Gasteiger partial charge in [0.25, 0.3) is 0 Å². The molecule has 1 N–H and O–H groups in total. The Morgan fingerprint density at radius 2 is 2.00 bits per heavy atom. The van der Waals surface area contributed by atoms with Crippen LogP contribution in [0, 0.1) is 6.92 Å². The van der Waals surface area contributed by atoms with Gasteiger partial charge < -0.3 is 4.74 Å². The maximum Gasteiger partial charge on any atom is 0.358 e. The van der Waals surface area contributed by atoms with Gasteiger partial charge in [-0.15, -0.1) is 11.3 Å². The maximum atomic E-state index is 12.1. The first kappa shape index (κ1) is 16.6. The minimum absolute atomic E-state index is 0.0361. The van der Waals surface area contributed by atoms with E-state index in [4.69, 9.17) is 4.74 Å². The van der Waals surface area contributed by atoms with Gasteiger partial charge in [0.15, 0.2) is 5.69 Å². The predicted octanol–water partition coefficient (Wildman–Crippen LogP) is 1.82. The van der Waals surface area contributed by atoms with E-state index in [0.29, 0.717) is 0 Å². The molecule has 0 saturated heterocycles. The van der Waals surface area contributed by atoms with Crippen LogP contribution in [0.5, 0.6) is 0 Å². The number of ether oxygens (including phenoxy) is 1. The third-order valence-electron chi connectivity index (χ3n) is 2.66. The van der Waals surface area contributed by atoms with Crippen LogP contribution in [0.25, 0.3) is 10.4 Å². The summed E-state index contributed by atoms with van der Waals surface area (Å²) in [5.41, 5.74) is 1.15. The van der Waals surface area contributed by atoms with E-state index in [9.17, 15) is 13.2 Å². The lowest BCUT2D eigenvalue weighted by Crippen LogP contribution is -2.27. The zero-order chi connectivity index (χ0) is 16.2. The number of aromatic nitrogens is 1. The van der Waals surface area contributed by atoms with Gasteiger partial charge in [-0.1, -0.05) is 30.3 Å². The predicted molar refractivity (Wildman–Crippen MR) is 85.4 cm³/mol. The van der Waals surface area contributed by atoms with Crippen LogP contribution in [0.1, 0.15) is 15.5 Å². The average Bonchev–Trinajstić information content (AvgIpc) is 2.85. The standard InChI is InChI=1S/C14H16N2O4S2/c1-10-16-12(13(21-10)11-6-4-3-5-7-11)14(17)20-9-8-15-22(2,18)19/h3-7,15H,8-9H2,1-2H3. The molecule has 0 unspecified atom stereocenters. The van der Waals surface area contributed by atoms with Crippen molar-refractivity contribution in [1.82, 2.24) is 9.71 Å². The van der Waals surface area contributed by atoms with E-state index in [1.54, 1.807) is 0 Å². The summed E-state index contributed by atoms with van der Waals surface area (Å²) in [6.45, 7) is 1.81. The van der Waals surface area contributed by atoms with Crippen molar-refractivity contribution in [2.45, 2.75) is 6.92 Å². The van der Waals surface area contributed by atoms with Gasteiger partial charge in [0.05, 0.1) is 16.1 Å². The molecular formula is C14H16N2O4S2. The normalized spacial score (nSPS) is 11.4. The van der Waals surface area contributed by atoms with Crippen LogP contribution in [0.4, 0.5) is 0 Å². The molecule has 0 amide bonds. The van der Waals surface area contributed by atoms with Crippen LogP contribution in [0.3, 0.4) is 0 Å². The van der Waals surface area contributed by atoms with Gasteiger partial charge in [-0.2, -0.15) is 0 Å². The minimum atomic E-state index is -3.29. The minimum Gasteiger partial charge on any atom is -0.460 e.